The van der Waals surface area contributed by atoms with Crippen molar-refractivity contribution in [2.24, 2.45) is 11.5 Å². The number of benzene rings is 1. The lowest BCUT2D eigenvalue weighted by atomic mass is 10.0. The monoisotopic (exact) mass is 709 g/mol. The number of carbonyl (C=O) groups excluding carboxylic acids is 5. The van der Waals surface area contributed by atoms with E-state index in [-0.39, 0.29) is 19.4 Å². The van der Waals surface area contributed by atoms with E-state index in [1.54, 1.807) is 44.2 Å². The Morgan fingerprint density at radius 3 is 1.90 bits per heavy atom. The standard InChI is InChI=1S/C32H51N7O11/c1-17(2)39(31(48)26(19(4)41)38-28(45)21(34)15-25(42)43)24(12-8-9-13-33)30(47)35-18(3)27(44)36-22(14-20-10-6-5-7-11-20)29(46)37-23(16-40)32(49)50/h5-7,10-11,17-19,21-24,26,40-41H,8-9,12-16,33-34H2,1-4H3,(H,35,47)(H,36,44)(H,37,46)(H,38,45)(H,42,43)(H,49,50)/t18-,19+,21-,22-,23-,24-,26-/m0/s1. The van der Waals surface area contributed by atoms with Gasteiger partial charge in [-0.25, -0.2) is 4.79 Å². The minimum Gasteiger partial charge on any atom is -0.481 e. The lowest BCUT2D eigenvalue weighted by Crippen LogP contribution is -2.63. The molecule has 0 fully saturated rings. The molecular formula is C32H51N7O11. The molecular weight excluding hydrogens is 658 g/mol. The molecule has 0 saturated heterocycles. The first-order valence-electron chi connectivity index (χ1n) is 16.2. The summed E-state index contributed by atoms with van der Waals surface area (Å²) >= 11 is 0. The van der Waals surface area contributed by atoms with Crippen molar-refractivity contribution < 1.29 is 54.0 Å². The van der Waals surface area contributed by atoms with E-state index < -0.39 is 103 Å². The average molecular weight is 710 g/mol. The molecule has 12 N–H and O–H groups in total. The number of aliphatic hydroxyl groups is 2. The highest BCUT2D eigenvalue weighted by Gasteiger charge is 2.39. The topological polar surface area (TPSA) is 304 Å². The second-order valence-electron chi connectivity index (χ2n) is 12.1. The zero-order valence-corrected chi connectivity index (χ0v) is 28.7. The van der Waals surface area contributed by atoms with Crippen LogP contribution in [0.1, 0.15) is 58.9 Å². The van der Waals surface area contributed by atoms with Crippen molar-refractivity contribution in [2.45, 2.75) is 108 Å². The molecule has 1 rings (SSSR count). The first kappa shape index (κ1) is 43.4. The Morgan fingerprint density at radius 2 is 1.40 bits per heavy atom. The molecule has 0 saturated carbocycles. The van der Waals surface area contributed by atoms with Crippen molar-refractivity contribution in [3.8, 4) is 0 Å². The first-order valence-corrected chi connectivity index (χ1v) is 16.2. The normalized spacial score (nSPS) is 15.3. The van der Waals surface area contributed by atoms with Crippen molar-refractivity contribution in [3.63, 3.8) is 0 Å². The van der Waals surface area contributed by atoms with Gasteiger partial charge in [0.05, 0.1) is 25.2 Å². The van der Waals surface area contributed by atoms with Gasteiger partial charge in [-0.1, -0.05) is 30.3 Å². The third kappa shape index (κ3) is 14.1. The third-order valence-electron chi connectivity index (χ3n) is 7.62. The number of carbonyl (C=O) groups is 7. The van der Waals surface area contributed by atoms with E-state index in [9.17, 15) is 48.9 Å². The predicted molar refractivity (Wildman–Crippen MR) is 179 cm³/mol. The smallest absolute Gasteiger partial charge is 0.328 e. The van der Waals surface area contributed by atoms with Crippen LogP contribution in [0.15, 0.2) is 30.3 Å². The Bertz CT molecular complexity index is 1310. The Labute approximate surface area is 290 Å². The average Bonchev–Trinajstić information content (AvgIpc) is 3.04. The predicted octanol–water partition coefficient (Wildman–Crippen LogP) is -2.82. The van der Waals surface area contributed by atoms with Gasteiger partial charge < -0.3 is 58.1 Å². The van der Waals surface area contributed by atoms with E-state index in [1.807, 2.05) is 0 Å². The summed E-state index contributed by atoms with van der Waals surface area (Å²) in [5.41, 5.74) is 11.9. The van der Waals surface area contributed by atoms with Gasteiger partial charge in [-0.3, -0.25) is 28.8 Å². The zero-order chi connectivity index (χ0) is 38.1. The number of nitrogens with one attached hydrogen (secondary N) is 4. The molecule has 18 heteroatoms. The molecule has 0 aliphatic heterocycles. The summed E-state index contributed by atoms with van der Waals surface area (Å²) in [5, 5.41) is 47.6. The fourth-order valence-electron chi connectivity index (χ4n) is 4.93. The van der Waals surface area contributed by atoms with Gasteiger partial charge in [0.25, 0.3) is 0 Å². The third-order valence-corrected chi connectivity index (χ3v) is 7.62. The number of hydrogen-bond acceptors (Lipinski definition) is 11. The summed E-state index contributed by atoms with van der Waals surface area (Å²) in [6.45, 7) is 5.13. The minimum absolute atomic E-state index is 0.0588. The lowest BCUT2D eigenvalue weighted by molar-refractivity contribution is -0.148. The van der Waals surface area contributed by atoms with Crippen LogP contribution < -0.4 is 32.7 Å². The van der Waals surface area contributed by atoms with Gasteiger partial charge in [0, 0.05) is 12.5 Å². The molecule has 280 valence electrons. The van der Waals surface area contributed by atoms with Crippen molar-refractivity contribution in [3.05, 3.63) is 35.9 Å². The Morgan fingerprint density at radius 1 is 0.800 bits per heavy atom. The maximum atomic E-state index is 13.9. The summed E-state index contributed by atoms with van der Waals surface area (Å²) in [5.74, 6) is -7.22. The first-order chi connectivity index (χ1) is 23.4. The van der Waals surface area contributed by atoms with E-state index in [4.69, 9.17) is 16.6 Å². The molecule has 0 aromatic heterocycles. The highest BCUT2D eigenvalue weighted by Crippen LogP contribution is 2.17. The number of hydrogen-bond donors (Lipinski definition) is 10. The molecule has 0 radical (unpaired) electrons. The molecule has 0 spiro atoms. The van der Waals surface area contributed by atoms with E-state index in [0.29, 0.717) is 18.4 Å². The fourth-order valence-corrected chi connectivity index (χ4v) is 4.93. The quantitative estimate of drug-likeness (QED) is 0.0544. The van der Waals surface area contributed by atoms with Crippen LogP contribution in [-0.2, 0) is 40.0 Å². The number of unbranched alkanes of at least 4 members (excludes halogenated alkanes) is 1. The van der Waals surface area contributed by atoms with Gasteiger partial charge in [-0.2, -0.15) is 0 Å². The SMILES string of the molecule is CC(C)N(C(=O)[C@@H](NC(=O)[C@@H](N)CC(=O)O)[C@@H](C)O)[C@@H](CCCCN)C(=O)N[C@@H](C)C(=O)N[C@@H](Cc1ccccc1)C(=O)N[C@@H](CO)C(=O)O. The molecule has 0 aliphatic carbocycles. The van der Waals surface area contributed by atoms with Crippen LogP contribution in [0.2, 0.25) is 0 Å². The molecule has 1 aromatic carbocycles. The molecule has 1 aromatic rings. The Kier molecular flexibility index (Phi) is 18.6. The number of carboxylic acids is 2. The molecule has 18 nitrogen and oxygen atoms in total. The summed E-state index contributed by atoms with van der Waals surface area (Å²) in [6.07, 6.45) is -1.37. The van der Waals surface area contributed by atoms with Crippen molar-refractivity contribution in [1.82, 2.24) is 26.2 Å². The zero-order valence-electron chi connectivity index (χ0n) is 28.7. The highest BCUT2D eigenvalue weighted by molar-refractivity contribution is 5.97. The number of carboxylic acid groups (broad SMARTS) is 2. The molecule has 0 bridgehead atoms. The number of nitrogens with two attached hydrogens (primary N) is 2. The largest absolute Gasteiger partial charge is 0.481 e. The van der Waals surface area contributed by atoms with Gasteiger partial charge in [-0.15, -0.1) is 0 Å². The van der Waals surface area contributed by atoms with E-state index in [0.717, 1.165) is 4.90 Å². The summed E-state index contributed by atoms with van der Waals surface area (Å²) in [4.78, 5) is 90.2. The Balaban J connectivity index is 3.31. The minimum atomic E-state index is -1.63. The summed E-state index contributed by atoms with van der Waals surface area (Å²) in [7, 11) is 0. The van der Waals surface area contributed by atoms with Crippen molar-refractivity contribution in [1.29, 1.82) is 0 Å². The number of aliphatic carboxylic acids is 2. The second kappa shape index (κ2) is 21.4. The summed E-state index contributed by atoms with van der Waals surface area (Å²) < 4.78 is 0. The number of aliphatic hydroxyl groups excluding tert-OH is 2. The van der Waals surface area contributed by atoms with Crippen molar-refractivity contribution >= 4 is 41.5 Å². The second-order valence-corrected chi connectivity index (χ2v) is 12.1. The maximum absolute atomic E-state index is 13.9. The lowest BCUT2D eigenvalue weighted by Gasteiger charge is -2.38. The number of rotatable bonds is 22. The van der Waals surface area contributed by atoms with Gasteiger partial charge in [-0.05, 0) is 59.1 Å². The molecule has 0 aliphatic rings. The van der Waals surface area contributed by atoms with Crippen LogP contribution in [-0.4, -0.2) is 128 Å². The molecule has 5 amide bonds. The van der Waals surface area contributed by atoms with E-state index in [2.05, 4.69) is 21.3 Å². The molecule has 0 heterocycles. The van der Waals surface area contributed by atoms with Crippen LogP contribution in [0.25, 0.3) is 0 Å². The highest BCUT2D eigenvalue weighted by atomic mass is 16.4. The molecule has 7 atom stereocenters. The van der Waals surface area contributed by atoms with Crippen LogP contribution in [0.5, 0.6) is 0 Å². The maximum Gasteiger partial charge on any atom is 0.328 e. The molecule has 0 unspecified atom stereocenters. The van der Waals surface area contributed by atoms with Gasteiger partial charge >= 0.3 is 11.9 Å². The van der Waals surface area contributed by atoms with Crippen LogP contribution in [0, 0.1) is 0 Å². The van der Waals surface area contributed by atoms with E-state index >= 15 is 0 Å². The van der Waals surface area contributed by atoms with Crippen LogP contribution >= 0.6 is 0 Å². The Hall–Kier alpha value is -4.65. The fraction of sp³-hybridized carbons (Fsp3) is 0.594. The number of nitrogens with zero attached hydrogens (tertiary/aromatic N) is 1. The van der Waals surface area contributed by atoms with E-state index in [1.165, 1.54) is 13.8 Å². The van der Waals surface area contributed by atoms with Gasteiger partial charge in [0.15, 0.2) is 0 Å². The van der Waals surface area contributed by atoms with Crippen molar-refractivity contribution in [2.75, 3.05) is 13.2 Å². The van der Waals surface area contributed by atoms with Crippen LogP contribution in [0.4, 0.5) is 0 Å². The number of amides is 5. The van der Waals surface area contributed by atoms with Gasteiger partial charge in [0.1, 0.15) is 30.2 Å². The van der Waals surface area contributed by atoms with Crippen LogP contribution in [0.3, 0.4) is 0 Å². The molecule has 50 heavy (non-hydrogen) atoms. The summed E-state index contributed by atoms with van der Waals surface area (Å²) in [6, 6.07) is -0.772. The van der Waals surface area contributed by atoms with Gasteiger partial charge in [0.2, 0.25) is 29.5 Å².